The van der Waals surface area contributed by atoms with E-state index in [9.17, 15) is 0 Å². The van der Waals surface area contributed by atoms with E-state index in [4.69, 9.17) is 38.2 Å². The number of hydrogen-bond acceptors (Lipinski definition) is 1. The molecule has 0 atom stereocenters. The third kappa shape index (κ3) is 49.1. The average molecular weight is 187 g/mol. The Kier molecular flexibility index (Phi) is 14.0. The van der Waals surface area contributed by atoms with Crippen LogP contribution in [0.2, 0.25) is 0 Å². The Hall–Kier alpha value is -0.410. The Morgan fingerprint density at radius 1 is 1.20 bits per heavy atom. The first kappa shape index (κ1) is 12.3. The first-order valence-electron chi connectivity index (χ1n) is 2.34. The number of rotatable bonds is 2. The first-order chi connectivity index (χ1) is 4.65. The van der Waals surface area contributed by atoms with Gasteiger partial charge < -0.3 is 10.2 Å². The molecule has 0 spiro atoms. The van der Waals surface area contributed by atoms with E-state index >= 15 is 0 Å². The van der Waals surface area contributed by atoms with Crippen molar-refractivity contribution in [3.8, 4) is 0 Å². The summed E-state index contributed by atoms with van der Waals surface area (Å²) in [6.07, 6.45) is 1.79. The Labute approximate surface area is 68.9 Å². The molecular formula is C5H8Cl2O3. The molecule has 0 unspecified atom stereocenters. The van der Waals surface area contributed by atoms with Crippen molar-refractivity contribution in [3.63, 3.8) is 0 Å². The van der Waals surface area contributed by atoms with Crippen molar-refractivity contribution in [1.29, 1.82) is 0 Å². The smallest absolute Gasteiger partial charge is 0.450 e. The molecule has 3 nitrogen and oxygen atoms in total. The van der Waals surface area contributed by atoms with Gasteiger partial charge in [-0.2, -0.15) is 0 Å². The molecule has 0 aliphatic carbocycles. The molecule has 5 heteroatoms. The molecule has 0 aromatic rings. The van der Waals surface area contributed by atoms with Gasteiger partial charge in [0, 0.05) is 11.8 Å². The van der Waals surface area contributed by atoms with Gasteiger partial charge in [-0.05, 0) is 0 Å². The molecule has 0 bridgehead atoms. The molecule has 0 aliphatic heterocycles. The fourth-order valence-electron chi connectivity index (χ4n) is 0.126. The molecule has 0 aromatic heterocycles. The maximum Gasteiger partial charge on any atom is 0.503 e. The van der Waals surface area contributed by atoms with Crippen LogP contribution in [0.3, 0.4) is 0 Å². The third-order valence-corrected chi connectivity index (χ3v) is 0.701. The van der Waals surface area contributed by atoms with Gasteiger partial charge in [-0.3, -0.25) is 0 Å². The second-order valence-electron chi connectivity index (χ2n) is 1.06. The molecule has 0 aromatic carbocycles. The van der Waals surface area contributed by atoms with Crippen molar-refractivity contribution < 1.29 is 15.0 Å². The predicted octanol–water partition coefficient (Wildman–Crippen LogP) is 2.24. The molecule has 10 heavy (non-hydrogen) atoms. The standard InChI is InChI=1S/C4H6Cl2.CH2O3/c5-3-1-2-4-6;2-1(3)4/h1-2H,3-4H2;(H2,2,3,4). The minimum absolute atomic E-state index is 0.562. The van der Waals surface area contributed by atoms with E-state index in [1.807, 2.05) is 12.2 Å². The normalized spacial score (nSPS) is 8.60. The van der Waals surface area contributed by atoms with Crippen molar-refractivity contribution in [2.75, 3.05) is 11.8 Å². The number of alkyl halides is 2. The summed E-state index contributed by atoms with van der Waals surface area (Å²) >= 11 is 10.5. The van der Waals surface area contributed by atoms with Crippen molar-refractivity contribution >= 4 is 29.4 Å². The lowest BCUT2D eigenvalue weighted by Crippen LogP contribution is -1.81. The van der Waals surface area contributed by atoms with Crippen molar-refractivity contribution in [1.82, 2.24) is 0 Å². The van der Waals surface area contributed by atoms with Crippen LogP contribution < -0.4 is 0 Å². The van der Waals surface area contributed by atoms with E-state index < -0.39 is 6.16 Å². The van der Waals surface area contributed by atoms with E-state index in [0.717, 1.165) is 0 Å². The van der Waals surface area contributed by atoms with Crippen molar-refractivity contribution in [3.05, 3.63) is 12.2 Å². The summed E-state index contributed by atoms with van der Waals surface area (Å²) in [5.74, 6) is 1.12. The van der Waals surface area contributed by atoms with E-state index in [2.05, 4.69) is 0 Å². The zero-order valence-electron chi connectivity index (χ0n) is 5.13. The average Bonchev–Trinajstić information content (AvgIpc) is 1.82. The van der Waals surface area contributed by atoms with Crippen LogP contribution >= 0.6 is 23.2 Å². The maximum absolute atomic E-state index is 8.56. The van der Waals surface area contributed by atoms with E-state index in [0.29, 0.717) is 11.8 Å². The summed E-state index contributed by atoms with van der Waals surface area (Å²) in [7, 11) is 0. The van der Waals surface area contributed by atoms with Gasteiger partial charge in [-0.15, -0.1) is 23.2 Å². The number of hydrogen-bond donors (Lipinski definition) is 2. The van der Waals surface area contributed by atoms with Crippen LogP contribution in [-0.2, 0) is 0 Å². The minimum Gasteiger partial charge on any atom is -0.450 e. The number of allylic oxidation sites excluding steroid dienone is 2. The Bertz CT molecular complexity index is 93.1. The quantitative estimate of drug-likeness (QED) is 0.514. The van der Waals surface area contributed by atoms with Crippen LogP contribution in [0.1, 0.15) is 0 Å². The molecule has 0 rings (SSSR count). The molecule has 0 saturated heterocycles. The highest BCUT2D eigenvalue weighted by Gasteiger charge is 1.70. The highest BCUT2D eigenvalue weighted by atomic mass is 35.5. The minimum atomic E-state index is -1.83. The van der Waals surface area contributed by atoms with Crippen LogP contribution in [0.4, 0.5) is 4.79 Å². The van der Waals surface area contributed by atoms with Gasteiger partial charge in [0.15, 0.2) is 0 Å². The maximum atomic E-state index is 8.56. The highest BCUT2D eigenvalue weighted by Crippen LogP contribution is 1.79. The molecule has 0 heterocycles. The molecule has 0 radical (unpaired) electrons. The highest BCUT2D eigenvalue weighted by molar-refractivity contribution is 6.20. The van der Waals surface area contributed by atoms with Crippen LogP contribution in [0.15, 0.2) is 12.2 Å². The summed E-state index contributed by atoms with van der Waals surface area (Å²) in [5, 5.41) is 13.9. The molecule has 60 valence electrons. The van der Waals surface area contributed by atoms with Crippen LogP contribution in [-0.4, -0.2) is 28.1 Å². The SMILES string of the molecule is ClCC=CCCl.O=C(O)O. The van der Waals surface area contributed by atoms with Crippen LogP contribution in [0.5, 0.6) is 0 Å². The van der Waals surface area contributed by atoms with Crippen LogP contribution in [0.25, 0.3) is 0 Å². The Morgan fingerprint density at radius 3 is 1.50 bits per heavy atom. The third-order valence-electron chi connectivity index (χ3n) is 0.345. The fourth-order valence-corrected chi connectivity index (χ4v) is 0.378. The van der Waals surface area contributed by atoms with Gasteiger partial charge in [0.2, 0.25) is 0 Å². The lowest BCUT2D eigenvalue weighted by Gasteiger charge is -1.69. The van der Waals surface area contributed by atoms with Gasteiger partial charge in [0.1, 0.15) is 0 Å². The molecule has 0 saturated carbocycles. The Morgan fingerprint density at radius 2 is 1.40 bits per heavy atom. The monoisotopic (exact) mass is 186 g/mol. The van der Waals surface area contributed by atoms with E-state index in [-0.39, 0.29) is 0 Å². The lowest BCUT2D eigenvalue weighted by molar-refractivity contribution is 0.137. The van der Waals surface area contributed by atoms with Crippen LogP contribution in [0, 0.1) is 0 Å². The van der Waals surface area contributed by atoms with Gasteiger partial charge in [0.25, 0.3) is 0 Å². The molecule has 0 aliphatic rings. The number of halogens is 2. The number of carbonyl (C=O) groups is 1. The summed E-state index contributed by atoms with van der Waals surface area (Å²) in [6.45, 7) is 0. The molecule has 0 fully saturated rings. The van der Waals surface area contributed by atoms with E-state index in [1.54, 1.807) is 0 Å². The summed E-state index contributed by atoms with van der Waals surface area (Å²) in [4.78, 5) is 8.56. The van der Waals surface area contributed by atoms with Crippen molar-refractivity contribution in [2.45, 2.75) is 0 Å². The second-order valence-corrected chi connectivity index (χ2v) is 1.68. The zero-order valence-corrected chi connectivity index (χ0v) is 6.64. The molecule has 0 amide bonds. The molecular weight excluding hydrogens is 179 g/mol. The largest absolute Gasteiger partial charge is 0.503 e. The summed E-state index contributed by atoms with van der Waals surface area (Å²) in [5.41, 5.74) is 0. The molecule has 2 N–H and O–H groups in total. The van der Waals surface area contributed by atoms with Crippen molar-refractivity contribution in [2.24, 2.45) is 0 Å². The summed E-state index contributed by atoms with van der Waals surface area (Å²) < 4.78 is 0. The van der Waals surface area contributed by atoms with E-state index in [1.165, 1.54) is 0 Å². The number of carboxylic acid groups (broad SMARTS) is 2. The van der Waals surface area contributed by atoms with Gasteiger partial charge >= 0.3 is 6.16 Å². The Balaban J connectivity index is 0. The zero-order chi connectivity index (χ0) is 8.41. The fraction of sp³-hybridized carbons (Fsp3) is 0.400. The first-order valence-corrected chi connectivity index (χ1v) is 3.40. The predicted molar refractivity (Wildman–Crippen MR) is 41.2 cm³/mol. The van der Waals surface area contributed by atoms with Gasteiger partial charge in [0.05, 0.1) is 0 Å². The lowest BCUT2D eigenvalue weighted by atomic mass is 10.6. The summed E-state index contributed by atoms with van der Waals surface area (Å²) in [6, 6.07) is 0. The topological polar surface area (TPSA) is 57.5 Å². The van der Waals surface area contributed by atoms with Gasteiger partial charge in [-0.25, -0.2) is 4.79 Å². The second kappa shape index (κ2) is 11.4. The van der Waals surface area contributed by atoms with Gasteiger partial charge in [-0.1, -0.05) is 12.2 Å².